The molecular formula is C24H29N5O3. The van der Waals surface area contributed by atoms with Gasteiger partial charge in [0.1, 0.15) is 19.5 Å². The highest BCUT2D eigenvalue weighted by atomic mass is 16.6. The van der Waals surface area contributed by atoms with E-state index in [0.717, 1.165) is 41.0 Å². The van der Waals surface area contributed by atoms with E-state index in [2.05, 4.69) is 21.6 Å². The smallest absolute Gasteiger partial charge is 0.368 e. The first-order valence-electron chi connectivity index (χ1n) is 11.0. The zero-order valence-electron chi connectivity index (χ0n) is 18.8. The molecule has 0 bridgehead atoms. The topological polar surface area (TPSA) is 83.5 Å². The van der Waals surface area contributed by atoms with E-state index < -0.39 is 0 Å². The van der Waals surface area contributed by atoms with Gasteiger partial charge in [0.2, 0.25) is 0 Å². The highest BCUT2D eigenvalue weighted by Crippen LogP contribution is 2.30. The zero-order chi connectivity index (χ0) is 22.5. The van der Waals surface area contributed by atoms with E-state index >= 15 is 0 Å². The Morgan fingerprint density at radius 2 is 1.91 bits per heavy atom. The number of ether oxygens (including phenoxy) is 1. The molecule has 3 aromatic rings. The van der Waals surface area contributed by atoms with Crippen LogP contribution in [0.3, 0.4) is 0 Å². The first-order valence-corrected chi connectivity index (χ1v) is 11.0. The van der Waals surface area contributed by atoms with E-state index in [0.29, 0.717) is 18.2 Å². The lowest BCUT2D eigenvalue weighted by atomic mass is 9.83. The summed E-state index contributed by atoms with van der Waals surface area (Å²) in [5.74, 6) is 1.22. The molecule has 2 aromatic carbocycles. The van der Waals surface area contributed by atoms with Crippen LogP contribution >= 0.6 is 0 Å². The van der Waals surface area contributed by atoms with E-state index in [4.69, 9.17) is 9.57 Å². The van der Waals surface area contributed by atoms with Crippen molar-refractivity contribution in [1.29, 1.82) is 0 Å². The Balaban J connectivity index is 1.54. The molecule has 8 heteroatoms. The molecule has 0 atom stereocenters. The SMILES string of the molecule is CO/N=C(\c1ccc(OCc2ccccc2-n2nnn(C)c2=O)c(C)c1)C1CCCCC1. The third-order valence-corrected chi connectivity index (χ3v) is 5.98. The van der Waals surface area contributed by atoms with Gasteiger partial charge in [0.05, 0.1) is 11.4 Å². The molecule has 1 aromatic heterocycles. The Kier molecular flexibility index (Phi) is 6.68. The van der Waals surface area contributed by atoms with Crippen molar-refractivity contribution in [3.8, 4) is 11.4 Å². The lowest BCUT2D eigenvalue weighted by molar-refractivity contribution is 0.210. The lowest BCUT2D eigenvalue weighted by Crippen LogP contribution is -2.23. The van der Waals surface area contributed by atoms with Crippen LogP contribution in [0.4, 0.5) is 0 Å². The maximum atomic E-state index is 12.3. The van der Waals surface area contributed by atoms with Crippen LogP contribution in [0, 0.1) is 12.8 Å². The van der Waals surface area contributed by atoms with Crippen molar-refractivity contribution in [1.82, 2.24) is 19.8 Å². The third-order valence-electron chi connectivity index (χ3n) is 5.98. The third kappa shape index (κ3) is 4.59. The number of hydrogen-bond donors (Lipinski definition) is 0. The van der Waals surface area contributed by atoms with Crippen LogP contribution in [0.15, 0.2) is 52.4 Å². The number of tetrazole rings is 1. The molecule has 1 heterocycles. The van der Waals surface area contributed by atoms with Crippen molar-refractivity contribution in [3.05, 3.63) is 69.6 Å². The number of rotatable bonds is 7. The van der Waals surface area contributed by atoms with Gasteiger partial charge < -0.3 is 9.57 Å². The lowest BCUT2D eigenvalue weighted by Gasteiger charge is -2.23. The van der Waals surface area contributed by atoms with Crippen LogP contribution in [-0.4, -0.2) is 32.6 Å². The summed E-state index contributed by atoms with van der Waals surface area (Å²) in [6.07, 6.45) is 6.07. The van der Waals surface area contributed by atoms with Gasteiger partial charge in [-0.3, -0.25) is 0 Å². The van der Waals surface area contributed by atoms with Gasteiger partial charge in [-0.05, 0) is 60.0 Å². The maximum absolute atomic E-state index is 12.3. The van der Waals surface area contributed by atoms with Gasteiger partial charge in [0, 0.05) is 24.1 Å². The Labute approximate surface area is 187 Å². The van der Waals surface area contributed by atoms with E-state index in [1.54, 1.807) is 14.2 Å². The van der Waals surface area contributed by atoms with Crippen LogP contribution in [0.1, 0.15) is 48.8 Å². The molecule has 0 unspecified atom stereocenters. The summed E-state index contributed by atoms with van der Waals surface area (Å²) in [5, 5.41) is 12.1. The summed E-state index contributed by atoms with van der Waals surface area (Å²) >= 11 is 0. The van der Waals surface area contributed by atoms with E-state index in [9.17, 15) is 4.79 Å². The van der Waals surface area contributed by atoms with Crippen molar-refractivity contribution >= 4 is 5.71 Å². The van der Waals surface area contributed by atoms with Crippen molar-refractivity contribution < 1.29 is 9.57 Å². The number of aromatic nitrogens is 4. The Morgan fingerprint density at radius 3 is 2.59 bits per heavy atom. The number of benzene rings is 2. The molecule has 1 fully saturated rings. The molecule has 32 heavy (non-hydrogen) atoms. The highest BCUT2D eigenvalue weighted by molar-refractivity contribution is 6.02. The first kappa shape index (κ1) is 21.8. The molecule has 1 saturated carbocycles. The maximum Gasteiger partial charge on any atom is 0.368 e. The molecule has 4 rings (SSSR count). The van der Waals surface area contributed by atoms with Gasteiger partial charge >= 0.3 is 5.69 Å². The van der Waals surface area contributed by atoms with Gasteiger partial charge in [-0.2, -0.15) is 9.36 Å². The first-order chi connectivity index (χ1) is 15.6. The average molecular weight is 436 g/mol. The predicted molar refractivity (Wildman–Crippen MR) is 122 cm³/mol. The molecule has 0 radical (unpaired) electrons. The molecule has 0 aliphatic heterocycles. The molecule has 0 N–H and O–H groups in total. The number of oxime groups is 1. The van der Waals surface area contributed by atoms with Crippen molar-refractivity contribution in [2.45, 2.75) is 45.6 Å². The average Bonchev–Trinajstić information content (AvgIpc) is 3.15. The molecule has 0 spiro atoms. The van der Waals surface area contributed by atoms with Crippen LogP contribution in [-0.2, 0) is 18.5 Å². The predicted octanol–water partition coefficient (Wildman–Crippen LogP) is 3.78. The van der Waals surface area contributed by atoms with Crippen molar-refractivity contribution in [2.75, 3.05) is 7.11 Å². The van der Waals surface area contributed by atoms with Crippen LogP contribution in [0.2, 0.25) is 0 Å². The van der Waals surface area contributed by atoms with E-state index in [-0.39, 0.29) is 5.69 Å². The summed E-state index contributed by atoms with van der Waals surface area (Å²) in [5.41, 5.74) is 4.33. The second kappa shape index (κ2) is 9.80. The Bertz CT molecular complexity index is 1160. The highest BCUT2D eigenvalue weighted by Gasteiger charge is 2.22. The fourth-order valence-electron chi connectivity index (χ4n) is 4.27. The monoisotopic (exact) mass is 435 g/mol. The summed E-state index contributed by atoms with van der Waals surface area (Å²) in [6, 6.07) is 13.7. The molecule has 1 aliphatic carbocycles. The minimum absolute atomic E-state index is 0.300. The van der Waals surface area contributed by atoms with Crippen LogP contribution in [0.25, 0.3) is 5.69 Å². The fraction of sp³-hybridized carbons (Fsp3) is 0.417. The summed E-state index contributed by atoms with van der Waals surface area (Å²) in [4.78, 5) is 17.4. The number of nitrogens with zero attached hydrogens (tertiary/aromatic N) is 5. The second-order valence-electron chi connectivity index (χ2n) is 8.19. The summed E-state index contributed by atoms with van der Waals surface area (Å²) in [7, 11) is 3.18. The van der Waals surface area contributed by atoms with E-state index in [1.807, 2.05) is 43.3 Å². The Hall–Kier alpha value is -3.42. The van der Waals surface area contributed by atoms with Gasteiger partial charge in [0.25, 0.3) is 0 Å². The normalized spacial score (nSPS) is 15.0. The van der Waals surface area contributed by atoms with Crippen molar-refractivity contribution in [2.24, 2.45) is 18.1 Å². The van der Waals surface area contributed by atoms with Crippen LogP contribution < -0.4 is 10.4 Å². The van der Waals surface area contributed by atoms with Crippen LogP contribution in [0.5, 0.6) is 5.75 Å². The number of hydrogen-bond acceptors (Lipinski definition) is 6. The van der Waals surface area contributed by atoms with Gasteiger partial charge in [0.15, 0.2) is 0 Å². The minimum atomic E-state index is -0.300. The quantitative estimate of drug-likeness (QED) is 0.417. The number of para-hydroxylation sites is 1. The number of aryl methyl sites for hydroxylation is 2. The Morgan fingerprint density at radius 1 is 1.12 bits per heavy atom. The van der Waals surface area contributed by atoms with Gasteiger partial charge in [-0.1, -0.05) is 42.6 Å². The molecular weight excluding hydrogens is 406 g/mol. The zero-order valence-corrected chi connectivity index (χ0v) is 18.8. The minimum Gasteiger partial charge on any atom is -0.489 e. The summed E-state index contributed by atoms with van der Waals surface area (Å²) < 4.78 is 8.61. The summed E-state index contributed by atoms with van der Waals surface area (Å²) in [6.45, 7) is 2.34. The molecule has 0 amide bonds. The second-order valence-corrected chi connectivity index (χ2v) is 8.19. The molecule has 1 aliphatic rings. The van der Waals surface area contributed by atoms with Gasteiger partial charge in [-0.15, -0.1) is 0 Å². The van der Waals surface area contributed by atoms with E-state index in [1.165, 1.54) is 28.6 Å². The fourth-order valence-corrected chi connectivity index (χ4v) is 4.27. The molecule has 168 valence electrons. The molecule has 8 nitrogen and oxygen atoms in total. The molecule has 0 saturated heterocycles. The van der Waals surface area contributed by atoms with Crippen molar-refractivity contribution in [3.63, 3.8) is 0 Å². The largest absolute Gasteiger partial charge is 0.489 e. The van der Waals surface area contributed by atoms with Gasteiger partial charge in [-0.25, -0.2) is 4.79 Å². The standard InChI is InChI=1S/C24H29N5O3/c1-17-15-19(23(25-31-3)18-9-5-4-6-10-18)13-14-22(17)32-16-20-11-7-8-12-21(20)29-24(30)28(2)26-27-29/h7-8,11-15,18H,4-6,9-10,16H2,1-3H3/b25-23-.